The number of carboxylic acid groups (broad SMARTS) is 1. The SMILES string of the molecule is O=C(O)C1=CC2=CS1(Cl)c1cc(CO)cc(c1)OC[C@H]1CCC=C1CCC2. The van der Waals surface area contributed by atoms with Crippen LogP contribution in [0.3, 0.4) is 0 Å². The first-order valence-electron chi connectivity index (χ1n) is 9.25. The Morgan fingerprint density at radius 1 is 1.30 bits per heavy atom. The number of allylic oxidation sites excluding steroid dienone is 3. The molecule has 4 rings (SSSR count). The first-order chi connectivity index (χ1) is 13.0. The van der Waals surface area contributed by atoms with Crippen molar-refractivity contribution < 1.29 is 19.7 Å². The molecule has 3 aliphatic rings. The van der Waals surface area contributed by atoms with E-state index >= 15 is 0 Å². The number of rotatable bonds is 2. The number of hydrogen-bond acceptors (Lipinski definition) is 3. The topological polar surface area (TPSA) is 66.8 Å². The molecular formula is C21H23ClO4S. The van der Waals surface area contributed by atoms with Crippen molar-refractivity contribution in [2.45, 2.75) is 43.6 Å². The number of halogens is 1. The first-order valence-corrected chi connectivity index (χ1v) is 11.8. The number of fused-ring (bicyclic) bond motifs is 5. The third kappa shape index (κ3) is 3.56. The van der Waals surface area contributed by atoms with Gasteiger partial charge in [-0.1, -0.05) is 31.6 Å². The molecule has 4 bridgehead atoms. The molecule has 0 fully saturated rings. The van der Waals surface area contributed by atoms with Crippen LogP contribution in [0.5, 0.6) is 5.75 Å². The Labute approximate surface area is 165 Å². The molecule has 0 aromatic heterocycles. The van der Waals surface area contributed by atoms with Gasteiger partial charge in [0.1, 0.15) is 5.75 Å². The summed E-state index contributed by atoms with van der Waals surface area (Å²) in [4.78, 5) is 12.8. The van der Waals surface area contributed by atoms with Crippen molar-refractivity contribution in [3.05, 3.63) is 57.4 Å². The highest BCUT2D eigenvalue weighted by atomic mass is 35.7. The van der Waals surface area contributed by atoms with Crippen LogP contribution in [0.15, 0.2) is 56.7 Å². The predicted octanol–water partition coefficient (Wildman–Crippen LogP) is 5.26. The lowest BCUT2D eigenvalue weighted by molar-refractivity contribution is -0.131. The molecule has 0 spiro atoms. The molecule has 2 aliphatic heterocycles. The lowest BCUT2D eigenvalue weighted by Crippen LogP contribution is -2.12. The molecule has 0 saturated heterocycles. The highest BCUT2D eigenvalue weighted by Gasteiger charge is 2.36. The lowest BCUT2D eigenvalue weighted by atomic mass is 9.96. The van der Waals surface area contributed by atoms with Crippen LogP contribution in [-0.2, 0) is 11.4 Å². The van der Waals surface area contributed by atoms with Gasteiger partial charge >= 0.3 is 5.97 Å². The van der Waals surface area contributed by atoms with Crippen LogP contribution < -0.4 is 4.74 Å². The van der Waals surface area contributed by atoms with E-state index in [2.05, 4.69) is 6.08 Å². The Balaban J connectivity index is 1.80. The van der Waals surface area contributed by atoms with Crippen molar-refractivity contribution in [1.82, 2.24) is 0 Å². The Hall–Kier alpha value is -1.69. The molecule has 2 N–H and O–H groups in total. The van der Waals surface area contributed by atoms with Crippen molar-refractivity contribution in [2.75, 3.05) is 6.61 Å². The van der Waals surface area contributed by atoms with Gasteiger partial charge in [0.2, 0.25) is 0 Å². The second-order valence-corrected chi connectivity index (χ2v) is 11.0. The van der Waals surface area contributed by atoms with Gasteiger partial charge in [0.05, 0.1) is 18.1 Å². The zero-order valence-corrected chi connectivity index (χ0v) is 16.6. The van der Waals surface area contributed by atoms with Gasteiger partial charge in [-0.25, -0.2) is 4.79 Å². The smallest absolute Gasteiger partial charge is 0.342 e. The second kappa shape index (κ2) is 7.38. The van der Waals surface area contributed by atoms with Crippen molar-refractivity contribution in [3.63, 3.8) is 0 Å². The fourth-order valence-electron chi connectivity index (χ4n) is 4.06. The molecule has 1 aliphatic carbocycles. The second-order valence-electron chi connectivity index (χ2n) is 7.28. The number of carbonyl (C=O) groups is 1. The predicted molar refractivity (Wildman–Crippen MR) is 108 cm³/mol. The molecule has 1 aromatic rings. The molecule has 27 heavy (non-hydrogen) atoms. The van der Waals surface area contributed by atoms with E-state index in [0.29, 0.717) is 28.7 Å². The summed E-state index contributed by atoms with van der Waals surface area (Å²) in [6.45, 7) is 0.459. The van der Waals surface area contributed by atoms with Gasteiger partial charge in [0.15, 0.2) is 0 Å². The first kappa shape index (κ1) is 18.7. The number of aliphatic hydroxyl groups excluding tert-OH is 1. The highest BCUT2D eigenvalue weighted by molar-refractivity contribution is 8.56. The molecule has 0 amide bonds. The molecule has 0 radical (unpaired) electrons. The number of carboxylic acids is 1. The fourth-order valence-corrected chi connectivity index (χ4v) is 7.31. The van der Waals surface area contributed by atoms with Crippen LogP contribution in [0.4, 0.5) is 0 Å². The van der Waals surface area contributed by atoms with Crippen molar-refractivity contribution >= 4 is 25.9 Å². The standard InChI is InChI=1S/C21H23ClO4S/c22-27-13-14(9-20(27)21(24)25)3-1-4-16-5-2-6-17(16)12-26-18-7-15(11-23)8-19(27)10-18/h5,7-10,13,17,23H,1-4,6,11-12H2,(H,24,25)/t17-/m1/s1. The van der Waals surface area contributed by atoms with Gasteiger partial charge < -0.3 is 14.9 Å². The van der Waals surface area contributed by atoms with E-state index in [1.807, 2.05) is 17.5 Å². The van der Waals surface area contributed by atoms with Crippen LogP contribution in [0.2, 0.25) is 0 Å². The summed E-state index contributed by atoms with van der Waals surface area (Å²) < 4.78 is 6.08. The summed E-state index contributed by atoms with van der Waals surface area (Å²) in [5, 5.41) is 21.3. The molecule has 1 aromatic carbocycles. The quantitative estimate of drug-likeness (QED) is 0.657. The molecule has 1 unspecified atom stereocenters. The molecule has 0 saturated carbocycles. The zero-order chi connectivity index (χ0) is 19.0. The fraction of sp³-hybridized carbons (Fsp3) is 0.381. The Morgan fingerprint density at radius 3 is 2.93 bits per heavy atom. The number of hydrogen-bond donors (Lipinski definition) is 2. The summed E-state index contributed by atoms with van der Waals surface area (Å²) >= 11 is 0. The maximum atomic E-state index is 11.9. The average Bonchev–Trinajstić information content (AvgIpc) is 3.24. The van der Waals surface area contributed by atoms with E-state index in [1.165, 1.54) is 5.57 Å². The van der Waals surface area contributed by atoms with E-state index in [0.717, 1.165) is 37.7 Å². The summed E-state index contributed by atoms with van der Waals surface area (Å²) in [5.74, 6) is 0.0792. The largest absolute Gasteiger partial charge is 0.493 e. The third-order valence-corrected chi connectivity index (χ3v) is 9.24. The monoisotopic (exact) mass is 406 g/mol. The molecular weight excluding hydrogens is 384 g/mol. The molecule has 144 valence electrons. The minimum Gasteiger partial charge on any atom is -0.493 e. The summed E-state index contributed by atoms with van der Waals surface area (Å²) in [7, 11) is 4.64. The maximum Gasteiger partial charge on any atom is 0.342 e. The van der Waals surface area contributed by atoms with Crippen LogP contribution in [0.1, 0.15) is 37.7 Å². The van der Waals surface area contributed by atoms with Gasteiger partial charge in [-0.2, -0.15) is 0 Å². The van der Waals surface area contributed by atoms with Gasteiger partial charge in [-0.3, -0.25) is 0 Å². The lowest BCUT2D eigenvalue weighted by Gasteiger charge is -2.28. The van der Waals surface area contributed by atoms with E-state index in [4.69, 9.17) is 15.4 Å². The minimum atomic E-state index is -2.31. The highest BCUT2D eigenvalue weighted by Crippen LogP contribution is 2.71. The van der Waals surface area contributed by atoms with Crippen LogP contribution in [0, 0.1) is 5.92 Å². The Kier molecular flexibility index (Phi) is 5.10. The van der Waals surface area contributed by atoms with Crippen LogP contribution in [0.25, 0.3) is 0 Å². The summed E-state index contributed by atoms with van der Waals surface area (Å²) in [5.41, 5.74) is 3.11. The van der Waals surface area contributed by atoms with Gasteiger partial charge in [0.25, 0.3) is 0 Å². The molecule has 2 heterocycles. The van der Waals surface area contributed by atoms with Crippen LogP contribution in [-0.4, -0.2) is 22.8 Å². The maximum absolute atomic E-state index is 11.9. The van der Waals surface area contributed by atoms with Gasteiger partial charge in [-0.15, -0.1) is 0 Å². The van der Waals surface area contributed by atoms with E-state index in [1.54, 1.807) is 12.1 Å². The average molecular weight is 407 g/mol. The molecule has 4 nitrogen and oxygen atoms in total. The van der Waals surface area contributed by atoms with Crippen LogP contribution >= 0.6 is 19.9 Å². The summed E-state index contributed by atoms with van der Waals surface area (Å²) in [6.07, 6.45) is 9.06. The Bertz CT molecular complexity index is 873. The number of aliphatic carboxylic acids is 1. The number of ether oxygens (including phenoxy) is 1. The normalized spacial score (nSPS) is 29.6. The van der Waals surface area contributed by atoms with Gasteiger partial charge in [-0.05, 0) is 72.9 Å². The minimum absolute atomic E-state index is 0.145. The molecule has 2 atom stereocenters. The Morgan fingerprint density at radius 2 is 2.15 bits per heavy atom. The number of benzene rings is 1. The van der Waals surface area contributed by atoms with E-state index in [-0.39, 0.29) is 11.5 Å². The van der Waals surface area contributed by atoms with E-state index in [9.17, 15) is 15.0 Å². The van der Waals surface area contributed by atoms with E-state index < -0.39 is 15.2 Å². The molecule has 6 heteroatoms. The number of aliphatic hydroxyl groups is 1. The van der Waals surface area contributed by atoms with Crippen molar-refractivity contribution in [3.8, 4) is 5.75 Å². The van der Waals surface area contributed by atoms with Crippen molar-refractivity contribution in [1.29, 1.82) is 0 Å². The van der Waals surface area contributed by atoms with Gasteiger partial charge in [0, 0.05) is 10.8 Å². The van der Waals surface area contributed by atoms with Crippen molar-refractivity contribution in [2.24, 2.45) is 5.92 Å². The summed E-state index contributed by atoms with van der Waals surface area (Å²) in [6, 6.07) is 5.45. The zero-order valence-electron chi connectivity index (χ0n) is 15.0. The third-order valence-electron chi connectivity index (χ3n) is 5.45.